The van der Waals surface area contributed by atoms with E-state index in [-0.39, 0.29) is 25.1 Å². The molecule has 0 aromatic heterocycles. The third-order valence-electron chi connectivity index (χ3n) is 6.27. The topological polar surface area (TPSA) is 178 Å². The first-order valence-electron chi connectivity index (χ1n) is 9.82. The number of aliphatic hydroxyl groups is 3. The van der Waals surface area contributed by atoms with Crippen LogP contribution in [0.5, 0.6) is 0 Å². The predicted octanol–water partition coefficient (Wildman–Crippen LogP) is -2.67. The number of carbonyl (C=O) groups excluding carboxylic acids is 1. The van der Waals surface area contributed by atoms with Gasteiger partial charge in [0.15, 0.2) is 18.1 Å². The lowest BCUT2D eigenvalue weighted by molar-refractivity contribution is -0.623. The number of ether oxygens (including phenoxy) is 1. The summed E-state index contributed by atoms with van der Waals surface area (Å²) in [6, 6.07) is 10.9. The van der Waals surface area contributed by atoms with E-state index in [4.69, 9.17) is 16.2 Å². The van der Waals surface area contributed by atoms with Crippen LogP contribution in [0.15, 0.2) is 47.5 Å². The number of esters is 1. The molecule has 3 aliphatic heterocycles. The van der Waals surface area contributed by atoms with Gasteiger partial charge in [-0.3, -0.25) is 11.1 Å². The summed E-state index contributed by atoms with van der Waals surface area (Å²) < 4.78 is 7.02. The number of rotatable bonds is 3. The van der Waals surface area contributed by atoms with Crippen molar-refractivity contribution in [2.75, 3.05) is 13.2 Å². The lowest BCUT2D eigenvalue weighted by Crippen LogP contribution is -2.78. The number of hydrogen-bond donors (Lipinski definition) is 7. The SMILES string of the molecule is NC1=N[C@H]2[C@H](CO)NC(N)=[N+]3C[C@H](OC(=O)c4cccc5ccccc45)C(O)(O)[C@]23N1. The Labute approximate surface area is 176 Å². The molecule has 0 amide bonds. The summed E-state index contributed by atoms with van der Waals surface area (Å²) >= 11 is 0. The quantitative estimate of drug-likeness (QED) is 0.156. The van der Waals surface area contributed by atoms with Crippen LogP contribution in [0.3, 0.4) is 0 Å². The minimum absolute atomic E-state index is 0.0431. The van der Waals surface area contributed by atoms with Crippen molar-refractivity contribution in [2.45, 2.75) is 29.6 Å². The van der Waals surface area contributed by atoms with Crippen LogP contribution in [-0.2, 0) is 4.74 Å². The first kappa shape index (κ1) is 19.5. The van der Waals surface area contributed by atoms with Crippen molar-refractivity contribution in [2.24, 2.45) is 16.5 Å². The zero-order chi connectivity index (χ0) is 22.0. The molecule has 1 fully saturated rings. The van der Waals surface area contributed by atoms with E-state index in [0.717, 1.165) is 5.39 Å². The monoisotopic (exact) mass is 427 g/mol. The Morgan fingerprint density at radius 1 is 1.23 bits per heavy atom. The average Bonchev–Trinajstić information content (AvgIpc) is 3.22. The Bertz CT molecular complexity index is 1140. The number of aliphatic imine (C=N–C) groups is 1. The first-order chi connectivity index (χ1) is 14.8. The van der Waals surface area contributed by atoms with E-state index < -0.39 is 35.6 Å². The van der Waals surface area contributed by atoms with E-state index in [0.29, 0.717) is 10.9 Å². The van der Waals surface area contributed by atoms with Gasteiger partial charge >= 0.3 is 11.9 Å². The molecular formula is C20H23N6O5+. The number of guanidine groups is 2. The van der Waals surface area contributed by atoms with Crippen LogP contribution in [-0.4, -0.2) is 80.6 Å². The van der Waals surface area contributed by atoms with Gasteiger partial charge in [-0.2, -0.15) is 0 Å². The van der Waals surface area contributed by atoms with E-state index in [2.05, 4.69) is 15.6 Å². The number of benzene rings is 2. The van der Waals surface area contributed by atoms with Crippen LogP contribution < -0.4 is 22.1 Å². The minimum Gasteiger partial charge on any atom is -0.449 e. The second kappa shape index (κ2) is 6.54. The van der Waals surface area contributed by atoms with Crippen molar-refractivity contribution in [3.05, 3.63) is 48.0 Å². The van der Waals surface area contributed by atoms with Crippen LogP contribution in [0.2, 0.25) is 0 Å². The van der Waals surface area contributed by atoms with Crippen molar-refractivity contribution >= 4 is 28.7 Å². The van der Waals surface area contributed by atoms with Crippen molar-refractivity contribution < 1.29 is 29.4 Å². The van der Waals surface area contributed by atoms with Crippen molar-refractivity contribution in [3.63, 3.8) is 0 Å². The van der Waals surface area contributed by atoms with Gasteiger partial charge in [0, 0.05) is 0 Å². The van der Waals surface area contributed by atoms with Crippen LogP contribution in [0.4, 0.5) is 0 Å². The van der Waals surface area contributed by atoms with E-state index in [9.17, 15) is 20.1 Å². The largest absolute Gasteiger partial charge is 0.449 e. The highest BCUT2D eigenvalue weighted by molar-refractivity contribution is 6.04. The van der Waals surface area contributed by atoms with Crippen molar-refractivity contribution in [1.82, 2.24) is 10.6 Å². The van der Waals surface area contributed by atoms with Crippen LogP contribution in [0.1, 0.15) is 10.4 Å². The third kappa shape index (κ3) is 2.54. The number of fused-ring (bicyclic) bond motifs is 1. The smallest absolute Gasteiger partial charge is 0.346 e. The maximum atomic E-state index is 13.0. The molecule has 0 aliphatic carbocycles. The Morgan fingerprint density at radius 3 is 2.74 bits per heavy atom. The van der Waals surface area contributed by atoms with Gasteiger partial charge in [0.2, 0.25) is 5.66 Å². The lowest BCUT2D eigenvalue weighted by atomic mass is 9.86. The molecule has 11 nitrogen and oxygen atoms in total. The lowest BCUT2D eigenvalue weighted by Gasteiger charge is -2.42. The summed E-state index contributed by atoms with van der Waals surface area (Å²) in [4.78, 5) is 17.3. The summed E-state index contributed by atoms with van der Waals surface area (Å²) in [5.41, 5.74) is 10.6. The highest BCUT2D eigenvalue weighted by atomic mass is 16.6. The fourth-order valence-corrected chi connectivity index (χ4v) is 4.84. The molecule has 0 saturated carbocycles. The molecule has 1 saturated heterocycles. The summed E-state index contributed by atoms with van der Waals surface area (Å²) in [7, 11) is 0. The van der Waals surface area contributed by atoms with E-state index in [1.165, 1.54) is 4.58 Å². The van der Waals surface area contributed by atoms with Gasteiger partial charge in [0.1, 0.15) is 12.6 Å². The highest BCUT2D eigenvalue weighted by Gasteiger charge is 2.76. The first-order valence-corrected chi connectivity index (χ1v) is 9.82. The van der Waals surface area contributed by atoms with Gasteiger partial charge in [-0.25, -0.2) is 14.4 Å². The molecule has 2 aromatic rings. The molecule has 9 N–H and O–H groups in total. The Kier molecular flexibility index (Phi) is 4.13. The van der Waals surface area contributed by atoms with Gasteiger partial charge < -0.3 is 31.1 Å². The molecule has 0 radical (unpaired) electrons. The predicted molar refractivity (Wildman–Crippen MR) is 110 cm³/mol. The Hall–Kier alpha value is -3.41. The van der Waals surface area contributed by atoms with Gasteiger partial charge in [-0.05, 0) is 16.8 Å². The summed E-state index contributed by atoms with van der Waals surface area (Å²) in [6.45, 7) is -0.511. The Morgan fingerprint density at radius 2 is 1.97 bits per heavy atom. The maximum Gasteiger partial charge on any atom is 0.346 e. The van der Waals surface area contributed by atoms with Crippen LogP contribution in [0, 0.1) is 0 Å². The normalized spacial score (nSPS) is 30.8. The molecule has 3 aliphatic rings. The second-order valence-corrected chi connectivity index (χ2v) is 7.93. The maximum absolute atomic E-state index is 13.0. The molecule has 5 rings (SSSR count). The molecule has 4 atom stereocenters. The molecule has 1 spiro atoms. The zero-order valence-corrected chi connectivity index (χ0v) is 16.4. The van der Waals surface area contributed by atoms with Gasteiger partial charge in [0.25, 0.3) is 5.79 Å². The number of aliphatic hydroxyl groups excluding tert-OH is 1. The molecule has 31 heavy (non-hydrogen) atoms. The third-order valence-corrected chi connectivity index (χ3v) is 6.27. The molecule has 3 heterocycles. The number of nitrogens with zero attached hydrogens (tertiary/aromatic N) is 2. The number of nitrogens with two attached hydrogens (primary N) is 2. The average molecular weight is 427 g/mol. The Balaban J connectivity index is 1.53. The van der Waals surface area contributed by atoms with E-state index in [1.807, 2.05) is 18.2 Å². The zero-order valence-electron chi connectivity index (χ0n) is 16.4. The number of carbonyl (C=O) groups is 1. The standard InChI is InChI=1S/C20H22N6O5/c21-17-24-15-13(9-27)23-18(22)26-8-14(20(29,30)19(15,26)25-17)31-16(28)12-7-3-5-10-4-1-2-6-11(10)12/h1-7,13-15,27,29-30H,8-9H2,(H5,21,22,23,24,25)/p+1/t13-,14-,15-,19-/m0/s1. The number of nitrogens with one attached hydrogen (secondary N) is 2. The van der Waals surface area contributed by atoms with Crippen LogP contribution in [0.25, 0.3) is 10.8 Å². The molecule has 162 valence electrons. The van der Waals surface area contributed by atoms with Gasteiger partial charge in [-0.15, -0.1) is 0 Å². The summed E-state index contributed by atoms with van der Waals surface area (Å²) in [5, 5.41) is 39.5. The van der Waals surface area contributed by atoms with Crippen LogP contribution >= 0.6 is 0 Å². The van der Waals surface area contributed by atoms with Gasteiger partial charge in [0.05, 0.1) is 12.2 Å². The van der Waals surface area contributed by atoms with Crippen molar-refractivity contribution in [1.29, 1.82) is 0 Å². The minimum atomic E-state index is -2.62. The second-order valence-electron chi connectivity index (χ2n) is 7.93. The molecule has 2 aromatic carbocycles. The van der Waals surface area contributed by atoms with E-state index >= 15 is 0 Å². The van der Waals surface area contributed by atoms with Gasteiger partial charge in [-0.1, -0.05) is 36.4 Å². The molecule has 0 bridgehead atoms. The molecular weight excluding hydrogens is 404 g/mol. The van der Waals surface area contributed by atoms with E-state index in [1.54, 1.807) is 24.3 Å². The number of hydrogen-bond acceptors (Lipinski definition) is 10. The highest BCUT2D eigenvalue weighted by Crippen LogP contribution is 2.42. The van der Waals surface area contributed by atoms with Crippen molar-refractivity contribution in [3.8, 4) is 0 Å². The fourth-order valence-electron chi connectivity index (χ4n) is 4.84. The molecule has 0 unspecified atom stereocenters. The summed E-state index contributed by atoms with van der Waals surface area (Å²) in [5.74, 6) is -3.30. The fraction of sp³-hybridized carbons (Fsp3) is 0.350. The summed E-state index contributed by atoms with van der Waals surface area (Å²) in [6.07, 6.45) is -1.38. The molecule has 11 heteroatoms.